The Morgan fingerprint density at radius 2 is 2.10 bits per heavy atom. The van der Waals surface area contributed by atoms with E-state index in [1.807, 2.05) is 24.3 Å². The maximum atomic E-state index is 12.0. The number of nitrogens with one attached hydrogen (secondary N) is 1. The van der Waals surface area contributed by atoms with Crippen molar-refractivity contribution in [2.75, 3.05) is 12.8 Å². The minimum absolute atomic E-state index is 0.116. The summed E-state index contributed by atoms with van der Waals surface area (Å²) >= 11 is 7.43. The number of halogens is 1. The minimum Gasteiger partial charge on any atom is -0.341 e. The third kappa shape index (κ3) is 4.58. The van der Waals surface area contributed by atoms with Crippen LogP contribution in [0.2, 0.25) is 5.02 Å². The Hall–Kier alpha value is -1.46. The van der Waals surface area contributed by atoms with Gasteiger partial charge in [-0.25, -0.2) is 0 Å². The third-order valence-electron chi connectivity index (χ3n) is 2.81. The highest BCUT2D eigenvalue weighted by Crippen LogP contribution is 2.16. The zero-order valence-electron chi connectivity index (χ0n) is 11.2. The van der Waals surface area contributed by atoms with Crippen molar-refractivity contribution in [3.8, 4) is 0 Å². The normalized spacial score (nSPS) is 10.5. The number of thioether (sulfide) groups is 1. The number of nitrogens with zero attached hydrogens (tertiary/aromatic N) is 2. The maximum Gasteiger partial charge on any atom is 0.232 e. The van der Waals surface area contributed by atoms with Crippen LogP contribution in [0.15, 0.2) is 36.7 Å². The van der Waals surface area contributed by atoms with Crippen molar-refractivity contribution in [2.24, 2.45) is 0 Å². The van der Waals surface area contributed by atoms with Crippen LogP contribution in [0, 0.1) is 0 Å². The molecule has 2 rings (SSSR count). The molecule has 0 bridgehead atoms. The van der Waals surface area contributed by atoms with E-state index in [1.165, 1.54) is 5.56 Å². The van der Waals surface area contributed by atoms with Gasteiger partial charge in [0.2, 0.25) is 5.91 Å². The number of rotatable bonds is 6. The molecule has 0 atom stereocenters. The second-order valence-electron chi connectivity index (χ2n) is 4.48. The number of carbonyl (C=O) groups excluding carboxylic acids is 1. The van der Waals surface area contributed by atoms with E-state index in [4.69, 9.17) is 11.6 Å². The van der Waals surface area contributed by atoms with Gasteiger partial charge in [0.25, 0.3) is 0 Å². The Labute approximate surface area is 127 Å². The predicted molar refractivity (Wildman–Crippen MR) is 82.7 cm³/mol. The first-order chi connectivity index (χ1) is 9.65. The molecule has 6 heteroatoms. The number of carbonyl (C=O) groups is 1. The molecular weight excluding hydrogens is 294 g/mol. The van der Waals surface area contributed by atoms with Crippen molar-refractivity contribution >= 4 is 29.3 Å². The van der Waals surface area contributed by atoms with Gasteiger partial charge >= 0.3 is 0 Å². The molecule has 0 saturated heterocycles. The van der Waals surface area contributed by atoms with Crippen molar-refractivity contribution in [2.45, 2.75) is 12.3 Å². The van der Waals surface area contributed by atoms with Crippen LogP contribution in [-0.2, 0) is 17.1 Å². The minimum atomic E-state index is 0.116. The standard InChI is InChI=1S/C14H16ClN3OS/c1-18(8-12-6-16-17-7-12)14(19)10-20-9-11-2-4-13(15)5-3-11/h2-7H,8-10H2,1H3,(H,16,17). The highest BCUT2D eigenvalue weighted by molar-refractivity contribution is 7.99. The van der Waals surface area contributed by atoms with E-state index in [0.717, 1.165) is 16.3 Å². The van der Waals surface area contributed by atoms with Gasteiger partial charge in [-0.2, -0.15) is 5.10 Å². The van der Waals surface area contributed by atoms with Crippen LogP contribution in [0.3, 0.4) is 0 Å². The summed E-state index contributed by atoms with van der Waals surface area (Å²) in [6.45, 7) is 0.580. The summed E-state index contributed by atoms with van der Waals surface area (Å²) < 4.78 is 0. The van der Waals surface area contributed by atoms with Gasteiger partial charge in [0.1, 0.15) is 0 Å². The number of aromatic nitrogens is 2. The third-order valence-corrected chi connectivity index (χ3v) is 4.05. The summed E-state index contributed by atoms with van der Waals surface area (Å²) in [7, 11) is 1.80. The van der Waals surface area contributed by atoms with Gasteiger partial charge in [0.05, 0.1) is 11.9 Å². The quantitative estimate of drug-likeness (QED) is 0.892. The highest BCUT2D eigenvalue weighted by atomic mass is 35.5. The molecule has 2 aromatic rings. The lowest BCUT2D eigenvalue weighted by atomic mass is 10.2. The molecule has 20 heavy (non-hydrogen) atoms. The fourth-order valence-electron chi connectivity index (χ4n) is 1.67. The summed E-state index contributed by atoms with van der Waals surface area (Å²) in [4.78, 5) is 13.7. The first-order valence-electron chi connectivity index (χ1n) is 6.19. The van der Waals surface area contributed by atoms with Crippen molar-refractivity contribution in [3.63, 3.8) is 0 Å². The predicted octanol–water partition coefficient (Wildman–Crippen LogP) is 2.95. The molecule has 1 aromatic carbocycles. The lowest BCUT2D eigenvalue weighted by molar-refractivity contribution is -0.127. The molecule has 106 valence electrons. The number of amides is 1. The summed E-state index contributed by atoms with van der Waals surface area (Å²) in [5, 5.41) is 7.33. The van der Waals surface area contributed by atoms with Gasteiger partial charge in [-0.05, 0) is 17.7 Å². The lowest BCUT2D eigenvalue weighted by Crippen LogP contribution is -2.27. The summed E-state index contributed by atoms with van der Waals surface area (Å²) in [5.41, 5.74) is 2.17. The Balaban J connectivity index is 1.73. The number of hydrogen-bond acceptors (Lipinski definition) is 3. The SMILES string of the molecule is CN(Cc1cn[nH]c1)C(=O)CSCc1ccc(Cl)cc1. The van der Waals surface area contributed by atoms with Gasteiger partial charge in [0, 0.05) is 36.1 Å². The average Bonchev–Trinajstić information content (AvgIpc) is 2.93. The fourth-order valence-corrected chi connectivity index (χ4v) is 2.72. The van der Waals surface area contributed by atoms with Crippen molar-refractivity contribution in [3.05, 3.63) is 52.8 Å². The molecule has 4 nitrogen and oxygen atoms in total. The Bertz CT molecular complexity index is 542. The van der Waals surface area contributed by atoms with Gasteiger partial charge in [-0.3, -0.25) is 9.89 Å². The maximum absolute atomic E-state index is 12.0. The molecule has 1 amide bonds. The lowest BCUT2D eigenvalue weighted by Gasteiger charge is -2.15. The first kappa shape index (κ1) is 14.9. The molecular formula is C14H16ClN3OS. The number of H-pyrrole nitrogens is 1. The largest absolute Gasteiger partial charge is 0.341 e. The van der Waals surface area contributed by atoms with E-state index >= 15 is 0 Å². The molecule has 1 N–H and O–H groups in total. The van der Waals surface area contributed by atoms with Crippen LogP contribution in [-0.4, -0.2) is 33.8 Å². The fraction of sp³-hybridized carbons (Fsp3) is 0.286. The number of benzene rings is 1. The molecule has 0 spiro atoms. The van der Waals surface area contributed by atoms with Crippen molar-refractivity contribution < 1.29 is 4.79 Å². The van der Waals surface area contributed by atoms with E-state index in [-0.39, 0.29) is 5.91 Å². The van der Waals surface area contributed by atoms with Crippen molar-refractivity contribution in [1.82, 2.24) is 15.1 Å². The van der Waals surface area contributed by atoms with Crippen molar-refractivity contribution in [1.29, 1.82) is 0 Å². The van der Waals surface area contributed by atoms with Gasteiger partial charge in [-0.1, -0.05) is 23.7 Å². The smallest absolute Gasteiger partial charge is 0.232 e. The molecule has 0 unspecified atom stereocenters. The number of aromatic amines is 1. The van der Waals surface area contributed by atoms with Gasteiger partial charge < -0.3 is 4.90 Å². The molecule has 1 heterocycles. The zero-order chi connectivity index (χ0) is 14.4. The topological polar surface area (TPSA) is 49.0 Å². The summed E-state index contributed by atoms with van der Waals surface area (Å²) in [6, 6.07) is 7.69. The Morgan fingerprint density at radius 3 is 2.75 bits per heavy atom. The van der Waals surface area contributed by atoms with E-state index in [1.54, 1.807) is 36.1 Å². The average molecular weight is 310 g/mol. The first-order valence-corrected chi connectivity index (χ1v) is 7.72. The van der Waals surface area contributed by atoms with Crippen LogP contribution < -0.4 is 0 Å². The van der Waals surface area contributed by atoms with Crippen LogP contribution in [0.4, 0.5) is 0 Å². The summed E-state index contributed by atoms with van der Waals surface area (Å²) in [6.07, 6.45) is 3.52. The molecule has 1 aromatic heterocycles. The van der Waals surface area contributed by atoms with Crippen LogP contribution in [0.1, 0.15) is 11.1 Å². The van der Waals surface area contributed by atoms with E-state index in [9.17, 15) is 4.79 Å². The second-order valence-corrected chi connectivity index (χ2v) is 5.90. The van der Waals surface area contributed by atoms with Gasteiger partial charge in [-0.15, -0.1) is 11.8 Å². The molecule has 0 aliphatic carbocycles. The monoisotopic (exact) mass is 309 g/mol. The molecule has 0 aliphatic rings. The van der Waals surface area contributed by atoms with E-state index < -0.39 is 0 Å². The van der Waals surface area contributed by atoms with Gasteiger partial charge in [0.15, 0.2) is 0 Å². The van der Waals surface area contributed by atoms with E-state index in [0.29, 0.717) is 12.3 Å². The molecule has 0 radical (unpaired) electrons. The van der Waals surface area contributed by atoms with E-state index in [2.05, 4.69) is 10.2 Å². The zero-order valence-corrected chi connectivity index (χ0v) is 12.7. The summed E-state index contributed by atoms with van der Waals surface area (Å²) in [5.74, 6) is 1.39. The Morgan fingerprint density at radius 1 is 1.35 bits per heavy atom. The van der Waals surface area contributed by atoms with Crippen LogP contribution >= 0.6 is 23.4 Å². The molecule has 0 fully saturated rings. The molecule has 0 aliphatic heterocycles. The number of hydrogen-bond donors (Lipinski definition) is 1. The second kappa shape index (κ2) is 7.36. The van der Waals surface area contributed by atoms with Crippen LogP contribution in [0.25, 0.3) is 0 Å². The highest BCUT2D eigenvalue weighted by Gasteiger charge is 2.09. The molecule has 0 saturated carbocycles. The Kier molecular flexibility index (Phi) is 5.49. The van der Waals surface area contributed by atoms with Crippen LogP contribution in [0.5, 0.6) is 0 Å².